The third-order valence-corrected chi connectivity index (χ3v) is 1.93. The molecule has 2 unspecified atom stereocenters. The molecule has 0 aromatic rings. The fourth-order valence-electron chi connectivity index (χ4n) is 1.13. The molecule has 0 saturated heterocycles. The Kier molecular flexibility index (Phi) is 6.09. The van der Waals surface area contributed by atoms with Crippen LogP contribution >= 0.6 is 0 Å². The minimum absolute atomic E-state index is 0.198. The first kappa shape index (κ1) is 14.4. The maximum Gasteiger partial charge on any atom is 0.326 e. The first-order valence-corrected chi connectivity index (χ1v) is 4.86. The number of aliphatic carboxylic acids is 2. The normalized spacial score (nSPS) is 13.9. The lowest BCUT2D eigenvalue weighted by Gasteiger charge is -2.14. The Morgan fingerprint density at radius 3 is 2.19 bits per heavy atom. The van der Waals surface area contributed by atoms with Gasteiger partial charge in [-0.3, -0.25) is 9.59 Å². The van der Waals surface area contributed by atoms with E-state index in [-0.39, 0.29) is 19.3 Å². The predicted molar refractivity (Wildman–Crippen MR) is 54.7 cm³/mol. The second-order valence-corrected chi connectivity index (χ2v) is 3.43. The fraction of sp³-hybridized carbons (Fsp3) is 0.667. The van der Waals surface area contributed by atoms with Crippen molar-refractivity contribution in [3.8, 4) is 0 Å². The van der Waals surface area contributed by atoms with Crippen molar-refractivity contribution in [3.05, 3.63) is 0 Å². The monoisotopic (exact) mass is 232 g/mol. The van der Waals surface area contributed by atoms with Crippen LogP contribution in [0.5, 0.6) is 0 Å². The Bertz CT molecular complexity index is 279. The smallest absolute Gasteiger partial charge is 0.326 e. The van der Waals surface area contributed by atoms with E-state index in [0.717, 1.165) is 0 Å². The van der Waals surface area contributed by atoms with Gasteiger partial charge in [-0.05, 0) is 6.42 Å². The van der Waals surface area contributed by atoms with Gasteiger partial charge < -0.3 is 21.3 Å². The number of hydrogen-bond acceptors (Lipinski definition) is 4. The molecule has 0 spiro atoms. The van der Waals surface area contributed by atoms with Gasteiger partial charge in [0.2, 0.25) is 5.91 Å². The van der Waals surface area contributed by atoms with Crippen molar-refractivity contribution in [3.63, 3.8) is 0 Å². The van der Waals surface area contributed by atoms with Crippen LogP contribution in [-0.4, -0.2) is 40.1 Å². The Labute approximate surface area is 92.6 Å². The summed E-state index contributed by atoms with van der Waals surface area (Å²) >= 11 is 0. The van der Waals surface area contributed by atoms with E-state index >= 15 is 0 Å². The van der Waals surface area contributed by atoms with Gasteiger partial charge in [-0.2, -0.15) is 0 Å². The molecule has 0 aliphatic rings. The Morgan fingerprint density at radius 2 is 1.81 bits per heavy atom. The van der Waals surface area contributed by atoms with E-state index in [2.05, 4.69) is 5.32 Å². The molecule has 7 nitrogen and oxygen atoms in total. The van der Waals surface area contributed by atoms with Crippen LogP contribution in [0.3, 0.4) is 0 Å². The average Bonchev–Trinajstić information content (AvgIpc) is 2.11. The van der Waals surface area contributed by atoms with Crippen LogP contribution in [0.15, 0.2) is 0 Å². The van der Waals surface area contributed by atoms with Gasteiger partial charge in [0.05, 0.1) is 6.42 Å². The van der Waals surface area contributed by atoms with Crippen LogP contribution in [0.4, 0.5) is 0 Å². The summed E-state index contributed by atoms with van der Waals surface area (Å²) in [4.78, 5) is 32.1. The molecule has 92 valence electrons. The number of carboxylic acids is 2. The molecule has 16 heavy (non-hydrogen) atoms. The molecule has 0 aromatic carbocycles. The van der Waals surface area contributed by atoms with Crippen LogP contribution in [0, 0.1) is 0 Å². The third-order valence-electron chi connectivity index (χ3n) is 1.93. The molecule has 0 aliphatic carbocycles. The maximum atomic E-state index is 11.3. The van der Waals surface area contributed by atoms with Crippen molar-refractivity contribution in [2.24, 2.45) is 5.73 Å². The summed E-state index contributed by atoms with van der Waals surface area (Å²) in [6.45, 7) is 1.62. The lowest BCUT2D eigenvalue weighted by molar-refractivity contribution is -0.142. The highest BCUT2D eigenvalue weighted by Crippen LogP contribution is 1.97. The lowest BCUT2D eigenvalue weighted by Crippen LogP contribution is -2.42. The first-order valence-electron chi connectivity index (χ1n) is 4.86. The standard InChI is InChI=1S/C9H16N2O5/c1-2-6(9(15)16)11-7(12)3-5(10)4-8(13)14/h5-6H,2-4,10H2,1H3,(H,11,12)(H,13,14)(H,15,16). The summed E-state index contributed by atoms with van der Waals surface area (Å²) in [5, 5.41) is 19.3. The highest BCUT2D eigenvalue weighted by Gasteiger charge is 2.19. The highest BCUT2D eigenvalue weighted by atomic mass is 16.4. The van der Waals surface area contributed by atoms with Crippen molar-refractivity contribution in [2.45, 2.75) is 38.3 Å². The van der Waals surface area contributed by atoms with Crippen molar-refractivity contribution in [2.75, 3.05) is 0 Å². The zero-order valence-corrected chi connectivity index (χ0v) is 8.97. The summed E-state index contributed by atoms with van der Waals surface area (Å²) in [6.07, 6.45) is -0.261. The molecule has 0 aliphatic heterocycles. The van der Waals surface area contributed by atoms with E-state index < -0.39 is 29.9 Å². The molecule has 1 amide bonds. The molecular weight excluding hydrogens is 216 g/mol. The highest BCUT2D eigenvalue weighted by molar-refractivity contribution is 5.84. The molecule has 0 bridgehead atoms. The number of nitrogens with one attached hydrogen (secondary N) is 1. The fourth-order valence-corrected chi connectivity index (χ4v) is 1.13. The van der Waals surface area contributed by atoms with Gasteiger partial charge in [0.15, 0.2) is 0 Å². The van der Waals surface area contributed by atoms with Gasteiger partial charge >= 0.3 is 11.9 Å². The quantitative estimate of drug-likeness (QED) is 0.452. The zero-order valence-electron chi connectivity index (χ0n) is 8.97. The number of rotatable bonds is 7. The van der Waals surface area contributed by atoms with Gasteiger partial charge in [0, 0.05) is 12.5 Å². The van der Waals surface area contributed by atoms with Crippen LogP contribution in [0.2, 0.25) is 0 Å². The van der Waals surface area contributed by atoms with E-state index in [1.807, 2.05) is 0 Å². The average molecular weight is 232 g/mol. The van der Waals surface area contributed by atoms with Crippen molar-refractivity contribution < 1.29 is 24.6 Å². The van der Waals surface area contributed by atoms with Gasteiger partial charge in [0.25, 0.3) is 0 Å². The summed E-state index contributed by atoms with van der Waals surface area (Å²) in [5.74, 6) is -2.77. The Balaban J connectivity index is 4.06. The molecule has 7 heteroatoms. The van der Waals surface area contributed by atoms with E-state index in [9.17, 15) is 14.4 Å². The van der Waals surface area contributed by atoms with Crippen molar-refractivity contribution in [1.82, 2.24) is 5.32 Å². The Hall–Kier alpha value is -1.63. The molecule has 0 radical (unpaired) electrons. The number of amides is 1. The minimum atomic E-state index is -1.12. The molecule has 0 saturated carbocycles. The number of hydrogen-bond donors (Lipinski definition) is 4. The largest absolute Gasteiger partial charge is 0.481 e. The summed E-state index contributed by atoms with van der Waals surface area (Å²) in [7, 11) is 0. The molecule has 0 rings (SSSR count). The topological polar surface area (TPSA) is 130 Å². The van der Waals surface area contributed by atoms with Crippen molar-refractivity contribution >= 4 is 17.8 Å². The summed E-state index contributed by atoms with van der Waals surface area (Å²) in [6, 6.07) is -1.76. The zero-order chi connectivity index (χ0) is 12.7. The summed E-state index contributed by atoms with van der Waals surface area (Å²) < 4.78 is 0. The van der Waals surface area contributed by atoms with E-state index in [0.29, 0.717) is 0 Å². The second-order valence-electron chi connectivity index (χ2n) is 3.43. The van der Waals surface area contributed by atoms with E-state index in [1.165, 1.54) is 0 Å². The number of carboxylic acid groups (broad SMARTS) is 2. The van der Waals surface area contributed by atoms with Crippen LogP contribution in [-0.2, 0) is 14.4 Å². The molecule has 5 N–H and O–H groups in total. The first-order chi connectivity index (χ1) is 7.36. The van der Waals surface area contributed by atoms with Gasteiger partial charge in [-0.1, -0.05) is 6.92 Å². The summed E-state index contributed by atoms with van der Waals surface area (Å²) in [5.41, 5.74) is 5.38. The van der Waals surface area contributed by atoms with E-state index in [1.54, 1.807) is 6.92 Å². The Morgan fingerprint density at radius 1 is 1.25 bits per heavy atom. The maximum absolute atomic E-state index is 11.3. The third kappa shape index (κ3) is 5.97. The number of nitrogens with two attached hydrogens (primary N) is 1. The minimum Gasteiger partial charge on any atom is -0.481 e. The SMILES string of the molecule is CCC(NC(=O)CC(N)CC(=O)O)C(=O)O. The molecule has 0 heterocycles. The van der Waals surface area contributed by atoms with E-state index in [4.69, 9.17) is 15.9 Å². The molecule has 0 fully saturated rings. The van der Waals surface area contributed by atoms with Gasteiger partial charge in [0.1, 0.15) is 6.04 Å². The molecular formula is C9H16N2O5. The number of carbonyl (C=O) groups is 3. The van der Waals surface area contributed by atoms with Crippen molar-refractivity contribution in [1.29, 1.82) is 0 Å². The van der Waals surface area contributed by atoms with Gasteiger partial charge in [-0.15, -0.1) is 0 Å². The van der Waals surface area contributed by atoms with Crippen LogP contribution in [0.1, 0.15) is 26.2 Å². The molecule has 0 aromatic heterocycles. The molecule has 2 atom stereocenters. The number of carbonyl (C=O) groups excluding carboxylic acids is 1. The predicted octanol–water partition coefficient (Wildman–Crippen LogP) is -0.842. The van der Waals surface area contributed by atoms with Crippen LogP contribution < -0.4 is 11.1 Å². The second kappa shape index (κ2) is 6.78. The van der Waals surface area contributed by atoms with Gasteiger partial charge in [-0.25, -0.2) is 4.79 Å². The van der Waals surface area contributed by atoms with Crippen LogP contribution in [0.25, 0.3) is 0 Å². The lowest BCUT2D eigenvalue weighted by atomic mass is 10.1.